The van der Waals surface area contributed by atoms with Gasteiger partial charge in [-0.25, -0.2) is 9.59 Å². The Labute approximate surface area is 182 Å². The molecule has 160 valence electrons. The van der Waals surface area contributed by atoms with Crippen LogP contribution < -0.4 is 16.0 Å². The second kappa shape index (κ2) is 9.51. The summed E-state index contributed by atoms with van der Waals surface area (Å²) in [5.41, 5.74) is 2.79. The van der Waals surface area contributed by atoms with Crippen molar-refractivity contribution in [3.05, 3.63) is 66.2 Å². The van der Waals surface area contributed by atoms with Gasteiger partial charge < -0.3 is 15.4 Å². The summed E-state index contributed by atoms with van der Waals surface area (Å²) >= 11 is 0. The van der Waals surface area contributed by atoms with E-state index < -0.39 is 6.09 Å². The number of urea groups is 1. The van der Waals surface area contributed by atoms with Gasteiger partial charge in [0.2, 0.25) is 0 Å². The number of hydrogen-bond donors (Lipinski definition) is 3. The van der Waals surface area contributed by atoms with Crippen molar-refractivity contribution in [3.8, 4) is 0 Å². The van der Waals surface area contributed by atoms with Crippen molar-refractivity contribution in [1.82, 2.24) is 0 Å². The van der Waals surface area contributed by atoms with E-state index in [0.29, 0.717) is 17.1 Å². The van der Waals surface area contributed by atoms with Crippen LogP contribution in [0.3, 0.4) is 0 Å². The third kappa shape index (κ3) is 5.54. The molecule has 1 fully saturated rings. The molecule has 3 aromatic carbocycles. The van der Waals surface area contributed by atoms with Gasteiger partial charge in [-0.2, -0.15) is 0 Å². The van der Waals surface area contributed by atoms with Gasteiger partial charge in [0.1, 0.15) is 6.10 Å². The molecule has 0 radical (unpaired) electrons. The minimum atomic E-state index is -0.456. The average molecular weight is 418 g/mol. The van der Waals surface area contributed by atoms with E-state index in [4.69, 9.17) is 4.74 Å². The van der Waals surface area contributed by atoms with Gasteiger partial charge in [-0.3, -0.25) is 5.32 Å². The standard InChI is InChI=1S/C25H27N3O3/c1-17-11-13-21(27-25(30)31-22-9-3-2-4-10-22)16-23(17)28-24(29)26-20-14-12-18-7-5-6-8-19(18)15-20/h5-8,11-16,22H,2-4,9-10H2,1H3,(H,27,30)(H2,26,28,29). The van der Waals surface area contributed by atoms with Crippen LogP contribution in [0.15, 0.2) is 60.7 Å². The summed E-state index contributed by atoms with van der Waals surface area (Å²) in [6.07, 6.45) is 4.78. The molecular formula is C25H27N3O3. The Balaban J connectivity index is 1.38. The van der Waals surface area contributed by atoms with E-state index in [1.54, 1.807) is 12.1 Å². The van der Waals surface area contributed by atoms with Crippen LogP contribution in [0.5, 0.6) is 0 Å². The monoisotopic (exact) mass is 417 g/mol. The molecule has 0 aliphatic heterocycles. The average Bonchev–Trinajstić information content (AvgIpc) is 2.76. The fourth-order valence-corrected chi connectivity index (χ4v) is 3.87. The molecule has 1 aliphatic carbocycles. The van der Waals surface area contributed by atoms with Crippen molar-refractivity contribution < 1.29 is 14.3 Å². The molecule has 0 saturated heterocycles. The molecule has 6 nitrogen and oxygen atoms in total. The van der Waals surface area contributed by atoms with Crippen molar-refractivity contribution in [2.24, 2.45) is 0 Å². The van der Waals surface area contributed by atoms with Crippen LogP contribution in [0, 0.1) is 6.92 Å². The Morgan fingerprint density at radius 2 is 1.52 bits per heavy atom. The second-order valence-electron chi connectivity index (χ2n) is 7.96. The number of aryl methyl sites for hydroxylation is 1. The summed E-state index contributed by atoms with van der Waals surface area (Å²) < 4.78 is 5.51. The maximum Gasteiger partial charge on any atom is 0.411 e. The first-order chi connectivity index (χ1) is 15.1. The molecule has 1 aliphatic rings. The van der Waals surface area contributed by atoms with E-state index in [1.807, 2.05) is 55.5 Å². The summed E-state index contributed by atoms with van der Waals surface area (Å²) in [7, 11) is 0. The first-order valence-corrected chi connectivity index (χ1v) is 10.7. The molecule has 0 spiro atoms. The number of rotatable bonds is 4. The lowest BCUT2D eigenvalue weighted by Crippen LogP contribution is -2.24. The Hall–Kier alpha value is -3.54. The fraction of sp³-hybridized carbons (Fsp3) is 0.280. The van der Waals surface area contributed by atoms with Crippen molar-refractivity contribution in [2.75, 3.05) is 16.0 Å². The van der Waals surface area contributed by atoms with Gasteiger partial charge >= 0.3 is 12.1 Å². The van der Waals surface area contributed by atoms with E-state index in [1.165, 1.54) is 6.42 Å². The number of fused-ring (bicyclic) bond motifs is 1. The number of ether oxygens (including phenoxy) is 1. The first kappa shape index (κ1) is 20.7. The van der Waals surface area contributed by atoms with Crippen molar-refractivity contribution in [2.45, 2.75) is 45.1 Å². The van der Waals surface area contributed by atoms with Crippen LogP contribution in [0.25, 0.3) is 10.8 Å². The SMILES string of the molecule is Cc1ccc(NC(=O)OC2CCCCC2)cc1NC(=O)Nc1ccc2ccccc2c1. The van der Waals surface area contributed by atoms with E-state index in [-0.39, 0.29) is 12.1 Å². The molecule has 0 bridgehead atoms. The van der Waals surface area contributed by atoms with Gasteiger partial charge in [-0.15, -0.1) is 0 Å². The van der Waals surface area contributed by atoms with E-state index in [2.05, 4.69) is 16.0 Å². The smallest absolute Gasteiger partial charge is 0.411 e. The van der Waals surface area contributed by atoms with Crippen molar-refractivity contribution in [3.63, 3.8) is 0 Å². The highest BCUT2D eigenvalue weighted by Gasteiger charge is 2.18. The number of anilines is 3. The zero-order valence-electron chi connectivity index (χ0n) is 17.6. The van der Waals surface area contributed by atoms with Crippen LogP contribution in [-0.2, 0) is 4.74 Å². The Morgan fingerprint density at radius 3 is 2.32 bits per heavy atom. The summed E-state index contributed by atoms with van der Waals surface area (Å²) in [5, 5.41) is 10.7. The van der Waals surface area contributed by atoms with Gasteiger partial charge in [-0.05, 0) is 73.2 Å². The number of carbonyl (C=O) groups is 2. The first-order valence-electron chi connectivity index (χ1n) is 10.7. The summed E-state index contributed by atoms with van der Waals surface area (Å²) in [6, 6.07) is 18.8. The lowest BCUT2D eigenvalue weighted by Gasteiger charge is -2.22. The second-order valence-corrected chi connectivity index (χ2v) is 7.96. The van der Waals surface area contributed by atoms with E-state index in [9.17, 15) is 9.59 Å². The topological polar surface area (TPSA) is 79.5 Å². The molecule has 1 saturated carbocycles. The van der Waals surface area contributed by atoms with E-state index in [0.717, 1.165) is 42.0 Å². The zero-order valence-corrected chi connectivity index (χ0v) is 17.6. The predicted molar refractivity (Wildman–Crippen MR) is 125 cm³/mol. The van der Waals surface area contributed by atoms with Gasteiger partial charge in [0.15, 0.2) is 0 Å². The van der Waals surface area contributed by atoms with Crippen LogP contribution in [-0.4, -0.2) is 18.2 Å². The Kier molecular flexibility index (Phi) is 6.36. The van der Waals surface area contributed by atoms with Crippen molar-refractivity contribution in [1.29, 1.82) is 0 Å². The number of nitrogens with one attached hydrogen (secondary N) is 3. The molecular weight excluding hydrogens is 390 g/mol. The minimum absolute atomic E-state index is 0.00970. The molecule has 3 N–H and O–H groups in total. The lowest BCUT2D eigenvalue weighted by atomic mass is 9.98. The largest absolute Gasteiger partial charge is 0.446 e. The maximum absolute atomic E-state index is 12.5. The van der Waals surface area contributed by atoms with Gasteiger partial charge in [0.05, 0.1) is 0 Å². The molecule has 6 heteroatoms. The maximum atomic E-state index is 12.5. The number of hydrogen-bond acceptors (Lipinski definition) is 3. The van der Waals surface area contributed by atoms with Crippen LogP contribution in [0.2, 0.25) is 0 Å². The number of benzene rings is 3. The fourth-order valence-electron chi connectivity index (χ4n) is 3.87. The third-order valence-electron chi connectivity index (χ3n) is 5.57. The Morgan fingerprint density at radius 1 is 0.806 bits per heavy atom. The molecule has 0 atom stereocenters. The van der Waals surface area contributed by atoms with E-state index >= 15 is 0 Å². The quantitative estimate of drug-likeness (QED) is 0.443. The molecule has 31 heavy (non-hydrogen) atoms. The van der Waals surface area contributed by atoms with Crippen LogP contribution in [0.4, 0.5) is 26.7 Å². The Bertz CT molecular complexity index is 1090. The number of amides is 3. The van der Waals surface area contributed by atoms with Crippen LogP contribution >= 0.6 is 0 Å². The van der Waals surface area contributed by atoms with Gasteiger partial charge in [-0.1, -0.05) is 42.8 Å². The third-order valence-corrected chi connectivity index (χ3v) is 5.57. The van der Waals surface area contributed by atoms with Gasteiger partial charge in [0.25, 0.3) is 0 Å². The minimum Gasteiger partial charge on any atom is -0.446 e. The summed E-state index contributed by atoms with van der Waals surface area (Å²) in [4.78, 5) is 24.7. The van der Waals surface area contributed by atoms with Crippen LogP contribution in [0.1, 0.15) is 37.7 Å². The van der Waals surface area contributed by atoms with Gasteiger partial charge in [0, 0.05) is 17.1 Å². The molecule has 0 heterocycles. The zero-order chi connectivity index (χ0) is 21.6. The molecule has 0 unspecified atom stereocenters. The normalized spacial score (nSPS) is 14.1. The number of carbonyl (C=O) groups excluding carboxylic acids is 2. The highest BCUT2D eigenvalue weighted by molar-refractivity contribution is 6.02. The summed E-state index contributed by atoms with van der Waals surface area (Å²) in [5.74, 6) is 0. The highest BCUT2D eigenvalue weighted by atomic mass is 16.6. The molecule has 4 rings (SSSR count). The predicted octanol–water partition coefficient (Wildman–Crippen LogP) is 6.67. The molecule has 3 aromatic rings. The lowest BCUT2D eigenvalue weighted by molar-refractivity contribution is 0.0865. The summed E-state index contributed by atoms with van der Waals surface area (Å²) in [6.45, 7) is 1.90. The highest BCUT2D eigenvalue weighted by Crippen LogP contribution is 2.24. The molecule has 0 aromatic heterocycles. The van der Waals surface area contributed by atoms with Crippen molar-refractivity contribution >= 4 is 40.0 Å². The molecule has 3 amide bonds.